The van der Waals surface area contributed by atoms with E-state index in [0.29, 0.717) is 28.4 Å². The van der Waals surface area contributed by atoms with Crippen LogP contribution < -0.4 is 10.9 Å². The fourth-order valence-corrected chi connectivity index (χ4v) is 3.92. The predicted molar refractivity (Wildman–Crippen MR) is 122 cm³/mol. The Balaban J connectivity index is 1.57. The average molecular weight is 493 g/mol. The van der Waals surface area contributed by atoms with Crippen LogP contribution in [0.5, 0.6) is 0 Å². The van der Waals surface area contributed by atoms with Crippen LogP contribution in [0.25, 0.3) is 21.9 Å². The molecule has 0 aliphatic rings. The highest BCUT2D eigenvalue weighted by atomic mass is 79.9. The first-order valence-corrected chi connectivity index (χ1v) is 10.6. The summed E-state index contributed by atoms with van der Waals surface area (Å²) in [5.41, 5.74) is 2.01. The number of halogens is 1. The maximum atomic E-state index is 13.4. The van der Waals surface area contributed by atoms with Gasteiger partial charge in [0.2, 0.25) is 11.8 Å². The first kappa shape index (κ1) is 20.1. The highest BCUT2D eigenvalue weighted by Gasteiger charge is 2.19. The van der Waals surface area contributed by atoms with E-state index in [0.717, 1.165) is 15.4 Å². The maximum Gasteiger partial charge on any atom is 0.278 e. The van der Waals surface area contributed by atoms with E-state index in [1.54, 1.807) is 23.6 Å². The summed E-state index contributed by atoms with van der Waals surface area (Å²) in [6, 6.07) is 14.8. The van der Waals surface area contributed by atoms with Gasteiger partial charge in [-0.05, 0) is 37.3 Å². The van der Waals surface area contributed by atoms with Crippen molar-refractivity contribution in [2.45, 2.75) is 20.0 Å². The van der Waals surface area contributed by atoms with Crippen LogP contribution in [0.2, 0.25) is 0 Å². The molecule has 1 N–H and O–H groups in total. The number of anilines is 1. The monoisotopic (exact) mass is 492 g/mol. The fraction of sp³-hybridized carbons (Fsp3) is 0.136. The molecule has 0 unspecified atom stereocenters. The van der Waals surface area contributed by atoms with Crippen molar-refractivity contribution in [2.24, 2.45) is 0 Å². The van der Waals surface area contributed by atoms with Crippen LogP contribution in [0.4, 0.5) is 5.69 Å². The number of para-hydroxylation sites is 1. The summed E-state index contributed by atoms with van der Waals surface area (Å²) in [7, 11) is 0. The van der Waals surface area contributed by atoms with Gasteiger partial charge in [-0.2, -0.15) is 4.98 Å². The van der Waals surface area contributed by atoms with Crippen LogP contribution in [0, 0.1) is 6.92 Å². The van der Waals surface area contributed by atoms with Crippen molar-refractivity contribution in [3.8, 4) is 0 Å². The Morgan fingerprint density at radius 2 is 1.94 bits per heavy atom. The Labute approximate surface area is 189 Å². The van der Waals surface area contributed by atoms with Gasteiger partial charge >= 0.3 is 0 Å². The molecule has 3 aromatic heterocycles. The van der Waals surface area contributed by atoms with Crippen LogP contribution in [0.15, 0.2) is 68.6 Å². The Kier molecular flexibility index (Phi) is 5.06. The SMILES string of the molecule is Cc1noc(Cn2cnc3c4ccccc4n(CC(=O)Nc4ccc(Br)cc4)c3c2=O)n1. The van der Waals surface area contributed by atoms with E-state index in [-0.39, 0.29) is 24.6 Å². The molecule has 3 heterocycles. The molecule has 10 heteroatoms. The molecule has 5 aromatic rings. The van der Waals surface area contributed by atoms with Crippen LogP contribution in [0.1, 0.15) is 11.7 Å². The van der Waals surface area contributed by atoms with Crippen LogP contribution in [-0.2, 0) is 17.9 Å². The molecular weight excluding hydrogens is 476 g/mol. The lowest BCUT2D eigenvalue weighted by atomic mass is 10.2. The second-order valence-electron chi connectivity index (χ2n) is 7.27. The second-order valence-corrected chi connectivity index (χ2v) is 8.18. The number of amides is 1. The van der Waals surface area contributed by atoms with Crippen LogP contribution >= 0.6 is 15.9 Å². The number of hydrogen-bond acceptors (Lipinski definition) is 6. The molecule has 0 fully saturated rings. The van der Waals surface area contributed by atoms with E-state index in [4.69, 9.17) is 4.52 Å². The Bertz CT molecular complexity index is 1520. The lowest BCUT2D eigenvalue weighted by Crippen LogP contribution is -2.25. The van der Waals surface area contributed by atoms with Crippen LogP contribution in [0.3, 0.4) is 0 Å². The van der Waals surface area contributed by atoms with Gasteiger partial charge in [-0.25, -0.2) is 4.98 Å². The van der Waals surface area contributed by atoms with Crippen molar-refractivity contribution in [3.05, 3.63) is 81.4 Å². The smallest absolute Gasteiger partial charge is 0.278 e. The van der Waals surface area contributed by atoms with Gasteiger partial charge < -0.3 is 14.4 Å². The van der Waals surface area contributed by atoms with Crippen molar-refractivity contribution in [1.29, 1.82) is 0 Å². The van der Waals surface area contributed by atoms with Gasteiger partial charge in [0.25, 0.3) is 5.56 Å². The highest BCUT2D eigenvalue weighted by molar-refractivity contribution is 9.10. The van der Waals surface area contributed by atoms with E-state index in [2.05, 4.69) is 36.4 Å². The van der Waals surface area contributed by atoms with Crippen molar-refractivity contribution >= 4 is 49.5 Å². The van der Waals surface area contributed by atoms with E-state index in [9.17, 15) is 9.59 Å². The van der Waals surface area contributed by atoms with E-state index in [1.165, 1.54) is 10.9 Å². The zero-order valence-electron chi connectivity index (χ0n) is 16.9. The van der Waals surface area contributed by atoms with E-state index >= 15 is 0 Å². The molecule has 0 saturated heterocycles. The maximum absolute atomic E-state index is 13.4. The average Bonchev–Trinajstić information content (AvgIpc) is 3.33. The molecule has 32 heavy (non-hydrogen) atoms. The second kappa shape index (κ2) is 8.04. The summed E-state index contributed by atoms with van der Waals surface area (Å²) >= 11 is 3.38. The number of hydrogen-bond donors (Lipinski definition) is 1. The van der Waals surface area contributed by atoms with Crippen molar-refractivity contribution < 1.29 is 9.32 Å². The first-order valence-electron chi connectivity index (χ1n) is 9.80. The van der Waals surface area contributed by atoms with Gasteiger partial charge in [-0.3, -0.25) is 14.2 Å². The zero-order valence-corrected chi connectivity index (χ0v) is 18.5. The number of fused-ring (bicyclic) bond motifs is 3. The number of carbonyl (C=O) groups is 1. The van der Waals surface area contributed by atoms with Gasteiger partial charge in [0.1, 0.15) is 24.1 Å². The number of aromatic nitrogens is 5. The Hall–Kier alpha value is -3.79. The number of rotatable bonds is 5. The largest absolute Gasteiger partial charge is 0.337 e. The van der Waals surface area contributed by atoms with E-state index < -0.39 is 0 Å². The molecule has 0 radical (unpaired) electrons. The normalized spacial score (nSPS) is 11.3. The molecule has 1 amide bonds. The topological polar surface area (TPSA) is 108 Å². The number of aryl methyl sites for hydroxylation is 1. The minimum absolute atomic E-state index is 0.0410. The number of carbonyl (C=O) groups excluding carboxylic acids is 1. The summed E-state index contributed by atoms with van der Waals surface area (Å²) in [5, 5.41) is 7.43. The van der Waals surface area contributed by atoms with Gasteiger partial charge in [-0.15, -0.1) is 0 Å². The molecule has 9 nitrogen and oxygen atoms in total. The summed E-state index contributed by atoms with van der Waals surface area (Å²) in [4.78, 5) is 34.9. The van der Waals surface area contributed by atoms with Crippen LogP contribution in [-0.4, -0.2) is 30.2 Å². The van der Waals surface area contributed by atoms with E-state index in [1.807, 2.05) is 36.4 Å². The molecular formula is C22H17BrN6O3. The lowest BCUT2D eigenvalue weighted by Gasteiger charge is -2.09. The third-order valence-electron chi connectivity index (χ3n) is 5.04. The molecule has 0 bridgehead atoms. The summed E-state index contributed by atoms with van der Waals surface area (Å²) in [6.45, 7) is 1.76. The lowest BCUT2D eigenvalue weighted by molar-refractivity contribution is -0.116. The van der Waals surface area contributed by atoms with Crippen molar-refractivity contribution in [3.63, 3.8) is 0 Å². The number of nitrogens with one attached hydrogen (secondary N) is 1. The minimum atomic E-state index is -0.293. The van der Waals surface area contributed by atoms with Crippen molar-refractivity contribution in [2.75, 3.05) is 5.32 Å². The molecule has 0 saturated carbocycles. The quantitative estimate of drug-likeness (QED) is 0.402. The molecule has 0 atom stereocenters. The molecule has 0 aliphatic carbocycles. The summed E-state index contributed by atoms with van der Waals surface area (Å²) in [6.07, 6.45) is 1.46. The minimum Gasteiger partial charge on any atom is -0.337 e. The third kappa shape index (κ3) is 3.69. The van der Waals surface area contributed by atoms with Gasteiger partial charge in [0, 0.05) is 15.5 Å². The predicted octanol–water partition coefficient (Wildman–Crippen LogP) is 3.49. The zero-order chi connectivity index (χ0) is 22.2. The van der Waals surface area contributed by atoms with Gasteiger partial charge in [0.05, 0.1) is 11.8 Å². The summed E-state index contributed by atoms with van der Waals surface area (Å²) in [5.74, 6) is 0.541. The number of benzene rings is 2. The Morgan fingerprint density at radius 1 is 1.16 bits per heavy atom. The van der Waals surface area contributed by atoms with Gasteiger partial charge in [0.15, 0.2) is 5.82 Å². The standard InChI is InChI=1S/C22H17BrN6O3/c1-13-25-19(32-27-13)11-28-12-24-20-16-4-2-3-5-17(16)29(21(20)22(28)31)10-18(30)26-15-8-6-14(23)7-9-15/h2-9,12H,10-11H2,1H3,(H,26,30). The number of nitrogens with zero attached hydrogens (tertiary/aromatic N) is 5. The molecule has 5 rings (SSSR count). The molecule has 160 valence electrons. The van der Waals surface area contributed by atoms with Crippen molar-refractivity contribution in [1.82, 2.24) is 24.3 Å². The fourth-order valence-electron chi connectivity index (χ4n) is 3.65. The van der Waals surface area contributed by atoms with Gasteiger partial charge in [-0.1, -0.05) is 39.3 Å². The third-order valence-corrected chi connectivity index (χ3v) is 5.57. The molecule has 0 spiro atoms. The highest BCUT2D eigenvalue weighted by Crippen LogP contribution is 2.25. The summed E-state index contributed by atoms with van der Waals surface area (Å²) < 4.78 is 9.16. The Morgan fingerprint density at radius 3 is 2.69 bits per heavy atom. The molecule has 0 aliphatic heterocycles. The molecule has 2 aromatic carbocycles. The first-order chi connectivity index (χ1) is 15.5.